The first kappa shape index (κ1) is 13.2. The summed E-state index contributed by atoms with van der Waals surface area (Å²) in [7, 11) is 0. The maximum absolute atomic E-state index is 2.30. The maximum Gasteiger partial charge on any atom is 0.0130 e. The molecule has 0 saturated carbocycles. The van der Waals surface area contributed by atoms with E-state index in [1.807, 2.05) is 0 Å². The lowest BCUT2D eigenvalue weighted by atomic mass is 10.0. The number of rotatable bonds is 6. The molecule has 1 unspecified atom stereocenters. The Morgan fingerprint density at radius 2 is 1.71 bits per heavy atom. The monoisotopic (exact) mass is 192 g/mol. The lowest BCUT2D eigenvalue weighted by Crippen LogP contribution is -1.87. The molecule has 0 N–H and O–H groups in total. The van der Waals surface area contributed by atoms with Crippen molar-refractivity contribution in [3.63, 3.8) is 0 Å². The molecule has 0 spiro atoms. The number of hydrogen-bond donors (Lipinski definition) is 0. The second-order valence-corrected chi connectivity index (χ2v) is 3.87. The number of unbranched alkanes of at least 4 members (excludes halogenated alkanes) is 1. The lowest BCUT2D eigenvalue weighted by molar-refractivity contribution is 0.936. The van der Waals surface area contributed by atoms with Crippen LogP contribution >= 0.6 is 0 Å². The highest BCUT2D eigenvalue weighted by molar-refractivity contribution is 5.13. The van der Waals surface area contributed by atoms with Crippen LogP contribution in [-0.2, 0) is 0 Å². The third-order valence-corrected chi connectivity index (χ3v) is 1.93. The zero-order valence-electron chi connectivity index (χ0n) is 10.1. The molecule has 0 nitrogen and oxygen atoms in total. The molecule has 80 valence electrons. The van der Waals surface area contributed by atoms with Crippen molar-refractivity contribution in [3.8, 4) is 0 Å². The SMILES string of the molecule is CCC=CC(C=CCCC)C=C(C)C. The van der Waals surface area contributed by atoms with Gasteiger partial charge in [-0.2, -0.15) is 0 Å². The standard InChI is InChI=1S/C14H24/c1-5-7-9-11-14(10-8-6-2)12-13(3)4/h8-12,14H,5-7H2,1-4H3. The van der Waals surface area contributed by atoms with Crippen LogP contribution in [0.3, 0.4) is 0 Å². The second kappa shape index (κ2) is 8.80. The van der Waals surface area contributed by atoms with Crippen LogP contribution in [0.5, 0.6) is 0 Å². The molecule has 0 bridgehead atoms. The quantitative estimate of drug-likeness (QED) is 0.525. The fourth-order valence-corrected chi connectivity index (χ4v) is 1.27. The molecule has 0 aromatic heterocycles. The van der Waals surface area contributed by atoms with E-state index in [0.29, 0.717) is 5.92 Å². The minimum Gasteiger partial charge on any atom is -0.0879 e. The van der Waals surface area contributed by atoms with Gasteiger partial charge in [-0.15, -0.1) is 0 Å². The highest BCUT2D eigenvalue weighted by atomic mass is 14.0. The molecule has 0 fully saturated rings. The molecule has 1 atom stereocenters. The largest absolute Gasteiger partial charge is 0.0879 e. The van der Waals surface area contributed by atoms with Gasteiger partial charge in [-0.25, -0.2) is 0 Å². The summed E-state index contributed by atoms with van der Waals surface area (Å²) in [6.07, 6.45) is 14.9. The normalized spacial score (nSPS) is 13.7. The van der Waals surface area contributed by atoms with Crippen molar-refractivity contribution in [2.45, 2.75) is 47.0 Å². The lowest BCUT2D eigenvalue weighted by Gasteiger charge is -2.02. The fourth-order valence-electron chi connectivity index (χ4n) is 1.27. The van der Waals surface area contributed by atoms with Crippen LogP contribution in [0.4, 0.5) is 0 Å². The molecule has 0 aliphatic carbocycles. The Bertz CT molecular complexity index is 202. The summed E-state index contributed by atoms with van der Waals surface area (Å²) in [5, 5.41) is 0. The topological polar surface area (TPSA) is 0 Å². The first-order chi connectivity index (χ1) is 6.70. The predicted molar refractivity (Wildman–Crippen MR) is 66.4 cm³/mol. The summed E-state index contributed by atoms with van der Waals surface area (Å²) in [6, 6.07) is 0. The number of hydrogen-bond acceptors (Lipinski definition) is 0. The first-order valence-electron chi connectivity index (χ1n) is 5.69. The van der Waals surface area contributed by atoms with Crippen molar-refractivity contribution >= 4 is 0 Å². The Balaban J connectivity index is 4.25. The van der Waals surface area contributed by atoms with Crippen molar-refractivity contribution in [1.82, 2.24) is 0 Å². The van der Waals surface area contributed by atoms with Gasteiger partial charge in [0.25, 0.3) is 0 Å². The van der Waals surface area contributed by atoms with Crippen molar-refractivity contribution in [2.75, 3.05) is 0 Å². The fraction of sp³-hybridized carbons (Fsp3) is 0.571. The van der Waals surface area contributed by atoms with Crippen LogP contribution in [-0.4, -0.2) is 0 Å². The van der Waals surface area contributed by atoms with Crippen LogP contribution in [0.2, 0.25) is 0 Å². The van der Waals surface area contributed by atoms with E-state index < -0.39 is 0 Å². The van der Waals surface area contributed by atoms with Gasteiger partial charge in [0.2, 0.25) is 0 Å². The zero-order chi connectivity index (χ0) is 10.8. The molecule has 14 heavy (non-hydrogen) atoms. The Morgan fingerprint density at radius 3 is 2.21 bits per heavy atom. The smallest absolute Gasteiger partial charge is 0.0130 e. The third-order valence-electron chi connectivity index (χ3n) is 1.93. The Morgan fingerprint density at radius 1 is 1.07 bits per heavy atom. The van der Waals surface area contributed by atoms with E-state index in [4.69, 9.17) is 0 Å². The van der Waals surface area contributed by atoms with Crippen molar-refractivity contribution in [1.29, 1.82) is 0 Å². The van der Waals surface area contributed by atoms with E-state index in [9.17, 15) is 0 Å². The minimum atomic E-state index is 0.492. The molecular formula is C14H24. The summed E-state index contributed by atoms with van der Waals surface area (Å²) < 4.78 is 0. The van der Waals surface area contributed by atoms with Gasteiger partial charge >= 0.3 is 0 Å². The average Bonchev–Trinajstić information content (AvgIpc) is 2.13. The first-order valence-corrected chi connectivity index (χ1v) is 5.69. The summed E-state index contributed by atoms with van der Waals surface area (Å²) in [5.74, 6) is 0.492. The van der Waals surface area contributed by atoms with Crippen LogP contribution < -0.4 is 0 Å². The summed E-state index contributed by atoms with van der Waals surface area (Å²) in [6.45, 7) is 8.69. The second-order valence-electron chi connectivity index (χ2n) is 3.87. The minimum absolute atomic E-state index is 0.492. The van der Waals surface area contributed by atoms with Crippen molar-refractivity contribution < 1.29 is 0 Å². The van der Waals surface area contributed by atoms with Crippen LogP contribution in [0.15, 0.2) is 36.0 Å². The van der Waals surface area contributed by atoms with Gasteiger partial charge < -0.3 is 0 Å². The van der Waals surface area contributed by atoms with E-state index in [0.717, 1.165) is 6.42 Å². The summed E-state index contributed by atoms with van der Waals surface area (Å²) >= 11 is 0. The van der Waals surface area contributed by atoms with Gasteiger partial charge in [-0.3, -0.25) is 0 Å². The number of allylic oxidation sites excluding steroid dienone is 6. The molecule has 0 aromatic carbocycles. The molecule has 0 saturated heterocycles. The molecule has 0 heteroatoms. The Labute approximate surface area is 89.4 Å². The molecule has 0 rings (SSSR count). The van der Waals surface area contributed by atoms with Crippen LogP contribution in [0, 0.1) is 5.92 Å². The molecule has 0 aromatic rings. The van der Waals surface area contributed by atoms with Gasteiger partial charge in [0.15, 0.2) is 0 Å². The average molecular weight is 192 g/mol. The molecule has 0 radical (unpaired) electrons. The zero-order valence-corrected chi connectivity index (χ0v) is 10.1. The highest BCUT2D eigenvalue weighted by Gasteiger charge is 1.93. The van der Waals surface area contributed by atoms with Crippen molar-refractivity contribution in [3.05, 3.63) is 36.0 Å². The molecule has 0 aliphatic rings. The van der Waals surface area contributed by atoms with E-state index in [1.54, 1.807) is 0 Å². The van der Waals surface area contributed by atoms with Crippen LogP contribution in [0.25, 0.3) is 0 Å². The predicted octanol–water partition coefficient (Wildman–Crippen LogP) is 4.89. The van der Waals surface area contributed by atoms with E-state index in [2.05, 4.69) is 58.1 Å². The third kappa shape index (κ3) is 7.85. The van der Waals surface area contributed by atoms with Gasteiger partial charge in [0.1, 0.15) is 0 Å². The van der Waals surface area contributed by atoms with Gasteiger partial charge in [0, 0.05) is 5.92 Å². The highest BCUT2D eigenvalue weighted by Crippen LogP contribution is 2.09. The van der Waals surface area contributed by atoms with E-state index >= 15 is 0 Å². The Hall–Kier alpha value is -0.780. The molecule has 0 heterocycles. The van der Waals surface area contributed by atoms with Gasteiger partial charge in [-0.05, 0) is 26.7 Å². The van der Waals surface area contributed by atoms with E-state index in [1.165, 1.54) is 18.4 Å². The van der Waals surface area contributed by atoms with Gasteiger partial charge in [0.05, 0.1) is 0 Å². The van der Waals surface area contributed by atoms with Crippen LogP contribution in [0.1, 0.15) is 47.0 Å². The van der Waals surface area contributed by atoms with Crippen molar-refractivity contribution in [2.24, 2.45) is 5.92 Å². The summed E-state index contributed by atoms with van der Waals surface area (Å²) in [5.41, 5.74) is 1.39. The molecular weight excluding hydrogens is 168 g/mol. The maximum atomic E-state index is 2.30. The molecule has 0 aliphatic heterocycles. The summed E-state index contributed by atoms with van der Waals surface area (Å²) in [4.78, 5) is 0. The Kier molecular flexibility index (Phi) is 8.31. The molecule has 0 amide bonds. The van der Waals surface area contributed by atoms with Gasteiger partial charge in [-0.1, -0.05) is 56.2 Å². The van der Waals surface area contributed by atoms with E-state index in [-0.39, 0.29) is 0 Å².